The molecule has 2 N–H and O–H groups in total. The highest BCUT2D eigenvalue weighted by Gasteiger charge is 2.29. The van der Waals surface area contributed by atoms with Gasteiger partial charge >= 0.3 is 5.69 Å². The third kappa shape index (κ3) is 3.29. The number of amides is 1. The zero-order valence-electron chi connectivity index (χ0n) is 12.9. The second-order valence-corrected chi connectivity index (χ2v) is 6.59. The third-order valence-electron chi connectivity index (χ3n) is 4.34. The third-order valence-corrected chi connectivity index (χ3v) is 5.05. The van der Waals surface area contributed by atoms with E-state index in [1.165, 1.54) is 5.56 Å². The summed E-state index contributed by atoms with van der Waals surface area (Å²) in [5.74, 6) is 0.0590. The van der Waals surface area contributed by atoms with E-state index in [-0.39, 0.29) is 18.4 Å². The maximum atomic E-state index is 12.6. The topological polar surface area (TPSA) is 86.0 Å². The van der Waals surface area contributed by atoms with Crippen molar-refractivity contribution < 1.29 is 4.79 Å². The van der Waals surface area contributed by atoms with Gasteiger partial charge in [-0.2, -0.15) is 11.3 Å². The van der Waals surface area contributed by atoms with Gasteiger partial charge in [0, 0.05) is 24.2 Å². The van der Waals surface area contributed by atoms with Crippen LogP contribution in [0.25, 0.3) is 0 Å². The number of nitrogens with zero attached hydrogens (tertiary/aromatic N) is 1. The number of hydrogen-bond acceptors (Lipinski definition) is 4. The van der Waals surface area contributed by atoms with Gasteiger partial charge in [-0.05, 0) is 48.6 Å². The molecule has 1 aliphatic rings. The lowest BCUT2D eigenvalue weighted by atomic mass is 10.1. The van der Waals surface area contributed by atoms with Crippen molar-refractivity contribution in [2.45, 2.75) is 38.6 Å². The molecule has 6 nitrogen and oxygen atoms in total. The van der Waals surface area contributed by atoms with Crippen molar-refractivity contribution in [3.05, 3.63) is 54.5 Å². The molecule has 0 spiro atoms. The zero-order chi connectivity index (χ0) is 16.4. The van der Waals surface area contributed by atoms with Crippen LogP contribution in [0, 0.1) is 6.92 Å². The number of aromatic nitrogens is 2. The van der Waals surface area contributed by atoms with Gasteiger partial charge in [-0.25, -0.2) is 4.79 Å². The molecule has 3 rings (SSSR count). The van der Waals surface area contributed by atoms with Crippen molar-refractivity contribution >= 4 is 17.2 Å². The quantitative estimate of drug-likeness (QED) is 0.893. The highest BCUT2D eigenvalue weighted by atomic mass is 32.1. The largest absolute Gasteiger partial charge is 0.336 e. The first-order chi connectivity index (χ1) is 11.1. The van der Waals surface area contributed by atoms with Crippen LogP contribution in [0.15, 0.2) is 26.4 Å². The number of nitrogens with one attached hydrogen (secondary N) is 2. The Morgan fingerprint density at radius 3 is 2.91 bits per heavy atom. The number of hydrogen-bond donors (Lipinski definition) is 2. The van der Waals surface area contributed by atoms with Gasteiger partial charge in [-0.15, -0.1) is 0 Å². The summed E-state index contributed by atoms with van der Waals surface area (Å²) in [7, 11) is 0. The average molecular weight is 333 g/mol. The van der Waals surface area contributed by atoms with Crippen LogP contribution in [0.4, 0.5) is 0 Å². The molecule has 1 atom stereocenters. The molecule has 1 unspecified atom stereocenters. The average Bonchev–Trinajstić information content (AvgIpc) is 3.16. The van der Waals surface area contributed by atoms with Crippen molar-refractivity contribution in [3.63, 3.8) is 0 Å². The van der Waals surface area contributed by atoms with Crippen LogP contribution in [0.1, 0.15) is 42.1 Å². The summed E-state index contributed by atoms with van der Waals surface area (Å²) in [6.45, 7) is 2.45. The molecule has 0 bridgehead atoms. The summed E-state index contributed by atoms with van der Waals surface area (Å²) in [4.78, 5) is 42.3. The Balaban J connectivity index is 1.70. The number of aryl methyl sites for hydroxylation is 1. The van der Waals surface area contributed by atoms with Gasteiger partial charge in [-0.3, -0.25) is 14.6 Å². The smallest absolute Gasteiger partial charge is 0.325 e. The fraction of sp³-hybridized carbons (Fsp3) is 0.438. The molecule has 1 saturated heterocycles. The number of carbonyl (C=O) groups excluding carboxylic acids is 1. The standard InChI is InChI=1S/C16H19N3O3S/c1-10-12(15(21)18-16(22)17-10)4-5-14(20)19-7-2-3-13(19)11-6-8-23-9-11/h6,8-9,13H,2-5,7H2,1H3,(H2,17,18,21,22). The lowest BCUT2D eigenvalue weighted by molar-refractivity contribution is -0.132. The van der Waals surface area contributed by atoms with E-state index in [1.54, 1.807) is 18.3 Å². The van der Waals surface area contributed by atoms with Crippen molar-refractivity contribution in [3.8, 4) is 0 Å². The molecule has 2 aromatic rings. The Morgan fingerprint density at radius 1 is 1.39 bits per heavy atom. The summed E-state index contributed by atoms with van der Waals surface area (Å²) in [5, 5.41) is 4.12. The molecule has 1 aliphatic heterocycles. The molecule has 0 aliphatic carbocycles. The van der Waals surface area contributed by atoms with Crippen LogP contribution in [-0.2, 0) is 11.2 Å². The molecule has 2 aromatic heterocycles. The van der Waals surface area contributed by atoms with E-state index < -0.39 is 11.2 Å². The zero-order valence-corrected chi connectivity index (χ0v) is 13.7. The number of thiophene rings is 1. The van der Waals surface area contributed by atoms with Crippen LogP contribution in [0.5, 0.6) is 0 Å². The first-order valence-electron chi connectivity index (χ1n) is 7.70. The first kappa shape index (κ1) is 15.7. The van der Waals surface area contributed by atoms with Crippen LogP contribution in [-0.4, -0.2) is 27.3 Å². The number of rotatable bonds is 4. The molecule has 1 amide bonds. The molecule has 0 aromatic carbocycles. The van der Waals surface area contributed by atoms with Crippen molar-refractivity contribution in [2.75, 3.05) is 6.54 Å². The van der Waals surface area contributed by atoms with E-state index in [4.69, 9.17) is 0 Å². The number of H-pyrrole nitrogens is 2. The summed E-state index contributed by atoms with van der Waals surface area (Å²) in [5.41, 5.74) is 1.28. The normalized spacial score (nSPS) is 17.6. The molecular formula is C16H19N3O3S. The Morgan fingerprint density at radius 2 is 2.22 bits per heavy atom. The fourth-order valence-electron chi connectivity index (χ4n) is 3.18. The van der Waals surface area contributed by atoms with Gasteiger partial charge in [0.1, 0.15) is 0 Å². The van der Waals surface area contributed by atoms with E-state index in [9.17, 15) is 14.4 Å². The summed E-state index contributed by atoms with van der Waals surface area (Å²) >= 11 is 1.64. The number of carbonyl (C=O) groups is 1. The van der Waals surface area contributed by atoms with Crippen molar-refractivity contribution in [2.24, 2.45) is 0 Å². The van der Waals surface area contributed by atoms with E-state index in [2.05, 4.69) is 21.4 Å². The molecule has 23 heavy (non-hydrogen) atoms. The van der Waals surface area contributed by atoms with Crippen molar-refractivity contribution in [1.29, 1.82) is 0 Å². The van der Waals surface area contributed by atoms with Crippen LogP contribution >= 0.6 is 11.3 Å². The predicted molar refractivity (Wildman–Crippen MR) is 88.7 cm³/mol. The van der Waals surface area contributed by atoms with E-state index >= 15 is 0 Å². The number of aromatic amines is 2. The minimum atomic E-state index is -0.514. The van der Waals surface area contributed by atoms with Gasteiger partial charge in [0.25, 0.3) is 5.56 Å². The summed E-state index contributed by atoms with van der Waals surface area (Å²) in [6, 6.07) is 2.22. The minimum absolute atomic E-state index is 0.0590. The minimum Gasteiger partial charge on any atom is -0.336 e. The molecule has 3 heterocycles. The van der Waals surface area contributed by atoms with Gasteiger partial charge in [0.2, 0.25) is 5.91 Å². The van der Waals surface area contributed by atoms with Crippen LogP contribution in [0.2, 0.25) is 0 Å². The Kier molecular flexibility index (Phi) is 4.47. The highest BCUT2D eigenvalue weighted by molar-refractivity contribution is 7.07. The highest BCUT2D eigenvalue weighted by Crippen LogP contribution is 2.33. The van der Waals surface area contributed by atoms with E-state index in [1.807, 2.05) is 10.3 Å². The maximum absolute atomic E-state index is 12.6. The van der Waals surface area contributed by atoms with Gasteiger partial charge in [0.05, 0.1) is 6.04 Å². The van der Waals surface area contributed by atoms with E-state index in [0.29, 0.717) is 17.7 Å². The van der Waals surface area contributed by atoms with Gasteiger partial charge in [0.15, 0.2) is 0 Å². The summed E-state index contributed by atoms with van der Waals surface area (Å²) < 4.78 is 0. The second-order valence-electron chi connectivity index (χ2n) is 5.81. The fourth-order valence-corrected chi connectivity index (χ4v) is 3.89. The number of likely N-dealkylation sites (tertiary alicyclic amines) is 1. The van der Waals surface area contributed by atoms with Gasteiger partial charge < -0.3 is 9.88 Å². The van der Waals surface area contributed by atoms with Crippen molar-refractivity contribution in [1.82, 2.24) is 14.9 Å². The second kappa shape index (κ2) is 6.54. The summed E-state index contributed by atoms with van der Waals surface area (Å²) in [6.07, 6.45) is 2.60. The Hall–Kier alpha value is -2.15. The molecule has 1 fully saturated rings. The molecular weight excluding hydrogens is 314 g/mol. The lowest BCUT2D eigenvalue weighted by Crippen LogP contribution is -2.32. The first-order valence-corrected chi connectivity index (χ1v) is 8.64. The Labute approximate surface area is 137 Å². The lowest BCUT2D eigenvalue weighted by Gasteiger charge is -2.24. The monoisotopic (exact) mass is 333 g/mol. The predicted octanol–water partition coefficient (Wildman–Crippen LogP) is 1.73. The van der Waals surface area contributed by atoms with Crippen LogP contribution < -0.4 is 11.2 Å². The molecule has 0 saturated carbocycles. The molecule has 0 radical (unpaired) electrons. The molecule has 7 heteroatoms. The SMILES string of the molecule is Cc1[nH]c(=O)[nH]c(=O)c1CCC(=O)N1CCCC1c1ccsc1. The maximum Gasteiger partial charge on any atom is 0.325 e. The molecule has 122 valence electrons. The van der Waals surface area contributed by atoms with Gasteiger partial charge in [-0.1, -0.05) is 0 Å². The van der Waals surface area contributed by atoms with Crippen LogP contribution in [0.3, 0.4) is 0 Å². The Bertz CT molecular complexity index is 807. The van der Waals surface area contributed by atoms with E-state index in [0.717, 1.165) is 19.4 Å².